The minimum absolute atomic E-state index is 0.112. The number of H-pyrrole nitrogens is 2. The number of benzene rings is 3. The second-order valence-corrected chi connectivity index (χ2v) is 19.5. The number of amides is 3. The van der Waals surface area contributed by atoms with Crippen molar-refractivity contribution in [3.05, 3.63) is 131 Å². The number of nitrogens with zero attached hydrogens (tertiary/aromatic N) is 12. The lowest BCUT2D eigenvalue weighted by atomic mass is 9.99. The molecule has 0 atom stereocenters. The number of fused-ring (bicyclic) bond motifs is 6. The van der Waals surface area contributed by atoms with Gasteiger partial charge in [-0.2, -0.15) is 20.4 Å². The van der Waals surface area contributed by atoms with E-state index < -0.39 is 0 Å². The fraction of sp³-hybridized carbons (Fsp3) is 0.304. The van der Waals surface area contributed by atoms with E-state index >= 15 is 0 Å². The Balaban J connectivity index is 0.000000119. The lowest BCUT2D eigenvalue weighted by Gasteiger charge is -2.26. The molecule has 7 aromatic heterocycles. The molecule has 13 rings (SSSR count). The number of aromatic nitrogens is 11. The van der Waals surface area contributed by atoms with E-state index in [1.807, 2.05) is 93.9 Å². The summed E-state index contributed by atoms with van der Waals surface area (Å²) >= 11 is 0. The van der Waals surface area contributed by atoms with Crippen molar-refractivity contribution in [1.29, 1.82) is 0 Å². The van der Waals surface area contributed by atoms with Gasteiger partial charge in [-0.15, -0.1) is 0 Å². The number of aryl methyl sites for hydroxylation is 5. The molecule has 0 unspecified atom stereocenters. The van der Waals surface area contributed by atoms with Crippen molar-refractivity contribution < 1.29 is 14.4 Å². The summed E-state index contributed by atoms with van der Waals surface area (Å²) in [6.45, 7) is 9.12. The van der Waals surface area contributed by atoms with Crippen LogP contribution in [0.4, 0.5) is 0 Å². The van der Waals surface area contributed by atoms with Gasteiger partial charge in [0.1, 0.15) is 0 Å². The second-order valence-electron chi connectivity index (χ2n) is 19.5. The summed E-state index contributed by atoms with van der Waals surface area (Å²) in [6.07, 6.45) is 12.6. The maximum Gasteiger partial charge on any atom is 0.219 e. The van der Waals surface area contributed by atoms with E-state index in [0.29, 0.717) is 19.6 Å². The van der Waals surface area contributed by atoms with Gasteiger partial charge < -0.3 is 29.2 Å². The van der Waals surface area contributed by atoms with Gasteiger partial charge in [0, 0.05) is 228 Å². The SMILES string of the molecule is CC(=O)N1CCc2c(c(-c3c[nH]c4cc(-c5cnn(C)c5)ccc34)nn2C)C1.CC(=O)N1CCc2c(c(-c3c[nH]c4ccccc34)nn2C)C1.CC(=O)N1CCc2c(c(-c3cn(C)c4ccccc34)nn2C)C1. The number of hydrogen-bond acceptors (Lipinski definition) is 7. The highest BCUT2D eigenvalue weighted by atomic mass is 16.2. The van der Waals surface area contributed by atoms with E-state index in [1.54, 1.807) is 25.5 Å². The molecule has 17 heteroatoms. The Hall–Kier alpha value is -8.47. The smallest absolute Gasteiger partial charge is 0.219 e. The largest absolute Gasteiger partial charge is 0.360 e. The molecule has 0 aliphatic carbocycles. The van der Waals surface area contributed by atoms with Crippen LogP contribution in [0.25, 0.3) is 77.6 Å². The summed E-state index contributed by atoms with van der Waals surface area (Å²) in [4.78, 5) is 47.8. The van der Waals surface area contributed by atoms with Crippen molar-refractivity contribution in [2.45, 2.75) is 59.7 Å². The predicted molar refractivity (Wildman–Crippen MR) is 283 cm³/mol. The Morgan fingerprint density at radius 1 is 0.507 bits per heavy atom. The Bertz CT molecular complexity index is 3770. The number of para-hydroxylation sites is 2. The van der Waals surface area contributed by atoms with Gasteiger partial charge in [-0.1, -0.05) is 48.5 Å². The van der Waals surface area contributed by atoms with Gasteiger partial charge in [0.2, 0.25) is 17.7 Å². The molecule has 3 amide bonds. The standard InChI is InChI=1S/C21H22N6O.C18H20N4O.C17H18N4O/c1-13(28)27-7-6-20-18(12-27)21(24-26(20)3)17-10-22-19-8-14(4-5-16(17)19)15-9-23-25(2)11-15;1-12(23)22-9-8-17-15(11-22)18(19-21(17)3)14-10-20(2)16-7-5-4-6-13(14)16;1-11(22)21-8-7-16-14(10-21)17(19-20(16)2)13-9-18-15-6-4-3-5-12(13)15/h4-5,8-11,22H,6-7,12H2,1-3H3;4-7,10H,8-9,11H2,1-3H3;3-6,9,18H,7-8,10H2,1-2H3. The molecule has 0 radical (unpaired) electrons. The number of hydrogen-bond donors (Lipinski definition) is 2. The third kappa shape index (κ3) is 8.47. The van der Waals surface area contributed by atoms with Crippen LogP contribution in [-0.4, -0.2) is 106 Å². The van der Waals surface area contributed by atoms with Crippen molar-refractivity contribution in [2.75, 3.05) is 19.6 Å². The predicted octanol–water partition coefficient (Wildman–Crippen LogP) is 7.83. The molecular weight excluding hydrogens is 917 g/mol. The third-order valence-corrected chi connectivity index (χ3v) is 15.0. The van der Waals surface area contributed by atoms with Crippen molar-refractivity contribution in [2.24, 2.45) is 35.2 Å². The quantitative estimate of drug-likeness (QED) is 0.181. The maximum absolute atomic E-state index is 11.9. The van der Waals surface area contributed by atoms with Crippen LogP contribution < -0.4 is 0 Å². The minimum atomic E-state index is 0.112. The van der Waals surface area contributed by atoms with Crippen LogP contribution in [0.3, 0.4) is 0 Å². The lowest BCUT2D eigenvalue weighted by molar-refractivity contribution is -0.130. The first-order valence-corrected chi connectivity index (χ1v) is 24.8. The van der Waals surface area contributed by atoms with Crippen molar-refractivity contribution in [3.63, 3.8) is 0 Å². The first kappa shape index (κ1) is 46.9. The Morgan fingerprint density at radius 3 is 1.48 bits per heavy atom. The molecule has 0 saturated carbocycles. The van der Waals surface area contributed by atoms with Gasteiger partial charge in [-0.25, -0.2) is 0 Å². The van der Waals surface area contributed by atoms with E-state index in [9.17, 15) is 14.4 Å². The molecule has 0 bridgehead atoms. The molecule has 3 aliphatic rings. The third-order valence-electron chi connectivity index (χ3n) is 15.0. The van der Waals surface area contributed by atoms with Crippen LogP contribution in [0.5, 0.6) is 0 Å². The van der Waals surface area contributed by atoms with Crippen molar-refractivity contribution in [3.8, 4) is 44.9 Å². The fourth-order valence-electron chi connectivity index (χ4n) is 11.1. The van der Waals surface area contributed by atoms with Gasteiger partial charge >= 0.3 is 0 Å². The molecule has 73 heavy (non-hydrogen) atoms. The molecular formula is C56H60N14O3. The van der Waals surface area contributed by atoms with Gasteiger partial charge in [-0.05, 0) is 23.8 Å². The monoisotopic (exact) mass is 976 g/mol. The molecule has 3 aromatic carbocycles. The number of carbonyl (C=O) groups is 3. The van der Waals surface area contributed by atoms with Crippen LogP contribution in [0.15, 0.2) is 97.7 Å². The van der Waals surface area contributed by atoms with Gasteiger partial charge in [-0.3, -0.25) is 33.1 Å². The molecule has 0 spiro atoms. The summed E-state index contributed by atoms with van der Waals surface area (Å²) in [5.74, 6) is 0.364. The minimum Gasteiger partial charge on any atom is -0.360 e. The zero-order chi connectivity index (χ0) is 50.8. The van der Waals surface area contributed by atoms with E-state index in [1.165, 1.54) is 44.5 Å². The maximum atomic E-state index is 11.9. The summed E-state index contributed by atoms with van der Waals surface area (Å²) in [5, 5.41) is 22.1. The van der Waals surface area contributed by atoms with Gasteiger partial charge in [0.15, 0.2) is 0 Å². The van der Waals surface area contributed by atoms with E-state index in [2.05, 4.69) is 87.5 Å². The van der Waals surface area contributed by atoms with Gasteiger partial charge in [0.25, 0.3) is 0 Å². The zero-order valence-corrected chi connectivity index (χ0v) is 42.7. The molecule has 0 saturated heterocycles. The van der Waals surface area contributed by atoms with Crippen LogP contribution >= 0.6 is 0 Å². The van der Waals surface area contributed by atoms with Crippen LogP contribution in [0.1, 0.15) is 54.5 Å². The Kier molecular flexibility index (Phi) is 12.0. The van der Waals surface area contributed by atoms with Crippen LogP contribution in [0, 0.1) is 0 Å². The lowest BCUT2D eigenvalue weighted by Crippen LogP contribution is -2.34. The normalized spacial score (nSPS) is 14.2. The molecule has 372 valence electrons. The Labute approximate surface area is 422 Å². The fourth-order valence-corrected chi connectivity index (χ4v) is 11.1. The Morgan fingerprint density at radius 2 is 0.973 bits per heavy atom. The summed E-state index contributed by atoms with van der Waals surface area (Å²) < 4.78 is 9.84. The molecule has 2 N–H and O–H groups in total. The van der Waals surface area contributed by atoms with E-state index in [-0.39, 0.29) is 17.7 Å². The van der Waals surface area contributed by atoms with Crippen LogP contribution in [0.2, 0.25) is 0 Å². The molecule has 17 nitrogen and oxygen atoms in total. The first-order chi connectivity index (χ1) is 35.2. The summed E-state index contributed by atoms with van der Waals surface area (Å²) in [7, 11) is 9.95. The highest BCUT2D eigenvalue weighted by Crippen LogP contribution is 2.38. The highest BCUT2D eigenvalue weighted by molar-refractivity contribution is 5.99. The number of nitrogens with one attached hydrogen (secondary N) is 2. The number of carbonyl (C=O) groups excluding carboxylic acids is 3. The summed E-state index contributed by atoms with van der Waals surface area (Å²) in [6, 6.07) is 23.0. The molecule has 0 fully saturated rings. The zero-order valence-electron chi connectivity index (χ0n) is 42.7. The first-order valence-electron chi connectivity index (χ1n) is 24.8. The molecule has 3 aliphatic heterocycles. The topological polar surface area (TPSA) is 169 Å². The molecule has 10 heterocycles. The van der Waals surface area contributed by atoms with Crippen molar-refractivity contribution >= 4 is 50.4 Å². The number of rotatable bonds is 4. The van der Waals surface area contributed by atoms with Gasteiger partial charge in [0.05, 0.1) is 23.3 Å². The van der Waals surface area contributed by atoms with E-state index in [4.69, 9.17) is 15.3 Å². The highest BCUT2D eigenvalue weighted by Gasteiger charge is 2.30. The van der Waals surface area contributed by atoms with E-state index in [0.717, 1.165) is 106 Å². The average molecular weight is 977 g/mol. The van der Waals surface area contributed by atoms with Crippen molar-refractivity contribution in [1.82, 2.24) is 68.4 Å². The average Bonchev–Trinajstić information content (AvgIpc) is 4.29. The second kappa shape index (κ2) is 18.6. The molecule has 10 aromatic rings. The van der Waals surface area contributed by atoms with Crippen LogP contribution in [-0.2, 0) is 88.5 Å². The number of aromatic amines is 2. The summed E-state index contributed by atoms with van der Waals surface area (Å²) in [5.41, 5.74) is 19.1.